The molecule has 3 rings (SSSR count). The van der Waals surface area contributed by atoms with Gasteiger partial charge in [-0.3, -0.25) is 0 Å². The Morgan fingerprint density at radius 1 is 1.28 bits per heavy atom. The van der Waals surface area contributed by atoms with Gasteiger partial charge in [-0.1, -0.05) is 19.3 Å². The molecular weight excluding hydrogens is 228 g/mol. The zero-order chi connectivity index (χ0) is 12.4. The number of furan rings is 1. The Balaban J connectivity index is 1.92. The number of aliphatic hydroxyl groups excluding tert-OH is 1. The third-order valence-electron chi connectivity index (χ3n) is 3.88. The molecule has 0 radical (unpaired) electrons. The van der Waals surface area contributed by atoms with Crippen LogP contribution in [0.1, 0.15) is 32.1 Å². The van der Waals surface area contributed by atoms with Crippen molar-refractivity contribution in [3.05, 3.63) is 24.6 Å². The van der Waals surface area contributed by atoms with Gasteiger partial charge in [0.2, 0.25) is 0 Å². The summed E-state index contributed by atoms with van der Waals surface area (Å²) >= 11 is 0. The Morgan fingerprint density at radius 3 is 2.89 bits per heavy atom. The van der Waals surface area contributed by atoms with Gasteiger partial charge in [-0.05, 0) is 25.0 Å². The van der Waals surface area contributed by atoms with E-state index in [9.17, 15) is 5.11 Å². The monoisotopic (exact) mass is 246 g/mol. The summed E-state index contributed by atoms with van der Waals surface area (Å²) in [6.45, 7) is 0.156. The van der Waals surface area contributed by atoms with Gasteiger partial charge in [0, 0.05) is 6.20 Å². The van der Waals surface area contributed by atoms with Crippen LogP contribution < -0.4 is 5.32 Å². The minimum absolute atomic E-state index is 0.156. The van der Waals surface area contributed by atoms with Crippen molar-refractivity contribution >= 4 is 16.8 Å². The van der Waals surface area contributed by atoms with E-state index >= 15 is 0 Å². The number of nitrogens with zero attached hydrogens (tertiary/aromatic N) is 1. The molecule has 2 aromatic rings. The lowest BCUT2D eigenvalue weighted by atomic mass is 9.82. The van der Waals surface area contributed by atoms with Crippen LogP contribution in [-0.4, -0.2) is 22.2 Å². The minimum atomic E-state index is -0.212. The van der Waals surface area contributed by atoms with Crippen LogP contribution >= 0.6 is 0 Å². The Kier molecular flexibility index (Phi) is 2.96. The van der Waals surface area contributed by atoms with E-state index in [4.69, 9.17) is 4.42 Å². The average Bonchev–Trinajstić information content (AvgIpc) is 2.89. The molecule has 2 heterocycles. The van der Waals surface area contributed by atoms with Crippen LogP contribution in [0.5, 0.6) is 0 Å². The van der Waals surface area contributed by atoms with Gasteiger partial charge < -0.3 is 14.8 Å². The Hall–Kier alpha value is -1.55. The number of hydrogen-bond acceptors (Lipinski definition) is 4. The molecule has 4 heteroatoms. The smallest absolute Gasteiger partial charge is 0.139 e. The zero-order valence-corrected chi connectivity index (χ0v) is 10.4. The molecule has 4 nitrogen and oxygen atoms in total. The van der Waals surface area contributed by atoms with Crippen molar-refractivity contribution < 1.29 is 9.52 Å². The van der Waals surface area contributed by atoms with Gasteiger partial charge in [-0.2, -0.15) is 0 Å². The fourth-order valence-electron chi connectivity index (χ4n) is 2.80. The van der Waals surface area contributed by atoms with Crippen molar-refractivity contribution in [1.82, 2.24) is 4.98 Å². The topological polar surface area (TPSA) is 58.3 Å². The van der Waals surface area contributed by atoms with Crippen LogP contribution in [0.3, 0.4) is 0 Å². The van der Waals surface area contributed by atoms with E-state index in [2.05, 4.69) is 10.3 Å². The molecule has 1 fully saturated rings. The van der Waals surface area contributed by atoms with Crippen LogP contribution in [0.25, 0.3) is 11.0 Å². The summed E-state index contributed by atoms with van der Waals surface area (Å²) in [5.74, 6) is 0.817. The molecule has 0 spiro atoms. The van der Waals surface area contributed by atoms with E-state index in [1.165, 1.54) is 6.42 Å². The molecule has 0 bridgehead atoms. The van der Waals surface area contributed by atoms with E-state index in [1.54, 1.807) is 12.5 Å². The maximum Gasteiger partial charge on any atom is 0.139 e. The van der Waals surface area contributed by atoms with Crippen LogP contribution in [0.4, 0.5) is 5.82 Å². The third-order valence-corrected chi connectivity index (χ3v) is 3.88. The summed E-state index contributed by atoms with van der Waals surface area (Å²) in [7, 11) is 0. The highest BCUT2D eigenvalue weighted by molar-refractivity contribution is 5.88. The van der Waals surface area contributed by atoms with Gasteiger partial charge in [0.15, 0.2) is 0 Å². The van der Waals surface area contributed by atoms with Crippen molar-refractivity contribution in [3.63, 3.8) is 0 Å². The molecule has 0 amide bonds. The molecule has 0 unspecified atom stereocenters. The second-order valence-electron chi connectivity index (χ2n) is 5.12. The highest BCUT2D eigenvalue weighted by atomic mass is 16.3. The first-order valence-electron chi connectivity index (χ1n) is 6.54. The maximum atomic E-state index is 9.71. The number of fused-ring (bicyclic) bond motifs is 1. The maximum absolute atomic E-state index is 9.71. The first-order valence-corrected chi connectivity index (χ1v) is 6.54. The molecule has 18 heavy (non-hydrogen) atoms. The number of aromatic nitrogens is 1. The summed E-state index contributed by atoms with van der Waals surface area (Å²) in [5, 5.41) is 14.1. The van der Waals surface area contributed by atoms with Crippen molar-refractivity contribution in [2.75, 3.05) is 11.9 Å². The van der Waals surface area contributed by atoms with Crippen molar-refractivity contribution in [2.45, 2.75) is 37.6 Å². The summed E-state index contributed by atoms with van der Waals surface area (Å²) < 4.78 is 5.37. The molecule has 0 atom stereocenters. The standard InChI is InChI=1S/C14H18N2O2/c17-10-14(6-2-1-3-7-14)16-13-11-5-9-18-12(11)4-8-15-13/h4-5,8-9,17H,1-3,6-7,10H2,(H,15,16). The van der Waals surface area contributed by atoms with E-state index < -0.39 is 0 Å². The van der Waals surface area contributed by atoms with Gasteiger partial charge in [-0.25, -0.2) is 4.98 Å². The van der Waals surface area contributed by atoms with Gasteiger partial charge >= 0.3 is 0 Å². The minimum Gasteiger partial charge on any atom is -0.464 e. The first kappa shape index (κ1) is 11.5. The Bertz CT molecular complexity index is 529. The zero-order valence-electron chi connectivity index (χ0n) is 10.4. The number of aliphatic hydroxyl groups is 1. The fourth-order valence-corrected chi connectivity index (χ4v) is 2.80. The number of nitrogens with one attached hydrogen (secondary N) is 1. The molecule has 1 aliphatic rings. The molecular formula is C14H18N2O2. The van der Waals surface area contributed by atoms with Crippen molar-refractivity contribution in [2.24, 2.45) is 0 Å². The molecule has 96 valence electrons. The van der Waals surface area contributed by atoms with Crippen molar-refractivity contribution in [3.8, 4) is 0 Å². The summed E-state index contributed by atoms with van der Waals surface area (Å²) in [6.07, 6.45) is 8.99. The lowest BCUT2D eigenvalue weighted by Gasteiger charge is -2.37. The van der Waals surface area contributed by atoms with Crippen LogP contribution in [0.2, 0.25) is 0 Å². The highest BCUT2D eigenvalue weighted by Gasteiger charge is 2.32. The number of anilines is 1. The summed E-state index contributed by atoms with van der Waals surface area (Å²) in [6, 6.07) is 3.77. The molecule has 2 N–H and O–H groups in total. The van der Waals surface area contributed by atoms with Gasteiger partial charge in [0.1, 0.15) is 11.4 Å². The molecule has 2 aromatic heterocycles. The second kappa shape index (κ2) is 4.61. The first-order chi connectivity index (χ1) is 8.83. The van der Waals surface area contributed by atoms with Crippen LogP contribution in [0.15, 0.2) is 29.0 Å². The normalized spacial score (nSPS) is 18.9. The molecule has 0 aliphatic heterocycles. The van der Waals surface area contributed by atoms with Crippen LogP contribution in [-0.2, 0) is 0 Å². The lowest BCUT2D eigenvalue weighted by molar-refractivity contribution is 0.172. The molecule has 1 saturated carbocycles. The summed E-state index contributed by atoms with van der Waals surface area (Å²) in [4.78, 5) is 4.38. The number of rotatable bonds is 3. The summed E-state index contributed by atoms with van der Waals surface area (Å²) in [5.41, 5.74) is 0.618. The van der Waals surface area contributed by atoms with E-state index in [0.717, 1.165) is 42.5 Å². The van der Waals surface area contributed by atoms with Crippen LogP contribution in [0, 0.1) is 0 Å². The van der Waals surface area contributed by atoms with Gasteiger partial charge in [-0.15, -0.1) is 0 Å². The Morgan fingerprint density at radius 2 is 2.11 bits per heavy atom. The quantitative estimate of drug-likeness (QED) is 0.874. The Labute approximate surface area is 106 Å². The SMILES string of the molecule is OCC1(Nc2nccc3occc23)CCCCC1. The molecule has 0 saturated heterocycles. The lowest BCUT2D eigenvalue weighted by Crippen LogP contribution is -2.44. The van der Waals surface area contributed by atoms with Gasteiger partial charge in [0.25, 0.3) is 0 Å². The van der Waals surface area contributed by atoms with Crippen molar-refractivity contribution in [1.29, 1.82) is 0 Å². The largest absolute Gasteiger partial charge is 0.464 e. The predicted molar refractivity (Wildman–Crippen MR) is 70.5 cm³/mol. The fraction of sp³-hybridized carbons (Fsp3) is 0.500. The predicted octanol–water partition coefficient (Wildman–Crippen LogP) is 2.93. The number of hydrogen-bond donors (Lipinski definition) is 2. The number of pyridine rings is 1. The second-order valence-corrected chi connectivity index (χ2v) is 5.12. The third kappa shape index (κ3) is 1.97. The molecule has 0 aromatic carbocycles. The van der Waals surface area contributed by atoms with E-state index in [1.807, 2.05) is 12.1 Å². The van der Waals surface area contributed by atoms with Gasteiger partial charge in [0.05, 0.1) is 23.8 Å². The highest BCUT2D eigenvalue weighted by Crippen LogP contribution is 2.33. The average molecular weight is 246 g/mol. The van der Waals surface area contributed by atoms with E-state index in [0.29, 0.717) is 0 Å². The molecule has 1 aliphatic carbocycles. The van der Waals surface area contributed by atoms with E-state index in [-0.39, 0.29) is 12.1 Å².